The number of aryl methyl sites for hydroxylation is 1. The average Bonchev–Trinajstić information content (AvgIpc) is 2.72. The average molecular weight is 256 g/mol. The number of methoxy groups -OCH3 is 1. The number of amides is 1. The molecule has 0 bridgehead atoms. The lowest BCUT2D eigenvalue weighted by atomic mass is 10.2. The second kappa shape index (κ2) is 7.42. The minimum Gasteiger partial charge on any atom is -0.383 e. The molecule has 0 saturated heterocycles. The Labute approximate surface area is 106 Å². The zero-order valence-electron chi connectivity index (χ0n) is 10.6. The molecule has 2 N–H and O–H groups in total. The summed E-state index contributed by atoms with van der Waals surface area (Å²) >= 11 is 1.69. The van der Waals surface area contributed by atoms with Gasteiger partial charge in [0.2, 0.25) is 5.91 Å². The molecule has 1 aromatic heterocycles. The molecule has 0 aliphatic carbocycles. The quantitative estimate of drug-likeness (QED) is 0.723. The maximum atomic E-state index is 11.6. The van der Waals surface area contributed by atoms with Crippen LogP contribution in [0.2, 0.25) is 0 Å². The van der Waals surface area contributed by atoms with Crippen LogP contribution in [-0.4, -0.2) is 32.2 Å². The topological polar surface area (TPSA) is 50.4 Å². The fourth-order valence-corrected chi connectivity index (χ4v) is 2.21. The van der Waals surface area contributed by atoms with Crippen LogP contribution in [-0.2, 0) is 16.1 Å². The van der Waals surface area contributed by atoms with Crippen molar-refractivity contribution in [2.75, 3.05) is 20.3 Å². The van der Waals surface area contributed by atoms with E-state index < -0.39 is 0 Å². The van der Waals surface area contributed by atoms with E-state index in [-0.39, 0.29) is 11.9 Å². The van der Waals surface area contributed by atoms with Gasteiger partial charge in [-0.3, -0.25) is 4.79 Å². The molecule has 5 heteroatoms. The van der Waals surface area contributed by atoms with Crippen LogP contribution in [0.4, 0.5) is 0 Å². The number of carbonyl (C=O) groups is 1. The highest BCUT2D eigenvalue weighted by molar-refractivity contribution is 7.08. The van der Waals surface area contributed by atoms with E-state index >= 15 is 0 Å². The molecular formula is C12H20N2O2S. The van der Waals surface area contributed by atoms with Gasteiger partial charge in [-0.1, -0.05) is 0 Å². The van der Waals surface area contributed by atoms with Crippen molar-refractivity contribution in [3.63, 3.8) is 0 Å². The van der Waals surface area contributed by atoms with E-state index in [1.54, 1.807) is 18.4 Å². The van der Waals surface area contributed by atoms with Crippen molar-refractivity contribution in [1.29, 1.82) is 0 Å². The Morgan fingerprint density at radius 2 is 2.29 bits per heavy atom. The first-order chi connectivity index (χ1) is 8.15. The number of nitrogens with one attached hydrogen (secondary N) is 2. The molecule has 0 spiro atoms. The number of hydrogen-bond donors (Lipinski definition) is 2. The van der Waals surface area contributed by atoms with Gasteiger partial charge in [0.1, 0.15) is 0 Å². The largest absolute Gasteiger partial charge is 0.383 e. The first-order valence-corrected chi connectivity index (χ1v) is 6.61. The van der Waals surface area contributed by atoms with E-state index in [1.165, 1.54) is 11.1 Å². The zero-order valence-corrected chi connectivity index (χ0v) is 11.4. The second-order valence-corrected chi connectivity index (χ2v) is 4.71. The Balaban J connectivity index is 2.27. The third kappa shape index (κ3) is 4.85. The molecule has 1 rings (SSSR count). The molecule has 0 aromatic carbocycles. The molecule has 4 nitrogen and oxygen atoms in total. The Kier molecular flexibility index (Phi) is 6.18. The summed E-state index contributed by atoms with van der Waals surface area (Å²) in [5.74, 6) is 0.00920. The standard InChI is InChI=1S/C12H20N2O2S/c1-9-7-17-8-11(9)6-14-10(2)12(15)13-4-5-16-3/h7-8,10,14H,4-6H2,1-3H3,(H,13,15). The first-order valence-electron chi connectivity index (χ1n) is 5.67. The van der Waals surface area contributed by atoms with Crippen LogP contribution in [0.5, 0.6) is 0 Å². The number of carbonyl (C=O) groups excluding carboxylic acids is 1. The van der Waals surface area contributed by atoms with Crippen LogP contribution in [0, 0.1) is 6.92 Å². The fraction of sp³-hybridized carbons (Fsp3) is 0.583. The van der Waals surface area contributed by atoms with Crippen LogP contribution < -0.4 is 10.6 Å². The Morgan fingerprint density at radius 1 is 1.53 bits per heavy atom. The van der Waals surface area contributed by atoms with Gasteiger partial charge in [0.05, 0.1) is 12.6 Å². The summed E-state index contributed by atoms with van der Waals surface area (Å²) in [6, 6.07) is -0.189. The SMILES string of the molecule is COCCNC(=O)C(C)NCc1cscc1C. The lowest BCUT2D eigenvalue weighted by Gasteiger charge is -2.13. The highest BCUT2D eigenvalue weighted by Crippen LogP contribution is 2.13. The van der Waals surface area contributed by atoms with E-state index in [0.29, 0.717) is 13.2 Å². The monoisotopic (exact) mass is 256 g/mol. The molecular weight excluding hydrogens is 236 g/mol. The van der Waals surface area contributed by atoms with Crippen molar-refractivity contribution in [1.82, 2.24) is 10.6 Å². The van der Waals surface area contributed by atoms with Crippen molar-refractivity contribution >= 4 is 17.2 Å². The number of ether oxygens (including phenoxy) is 1. The van der Waals surface area contributed by atoms with Gasteiger partial charge in [0, 0.05) is 20.2 Å². The molecule has 17 heavy (non-hydrogen) atoms. The lowest BCUT2D eigenvalue weighted by molar-refractivity contribution is -0.122. The maximum Gasteiger partial charge on any atom is 0.236 e. The Morgan fingerprint density at radius 3 is 2.88 bits per heavy atom. The Bertz CT molecular complexity index is 352. The van der Waals surface area contributed by atoms with Gasteiger partial charge in [-0.15, -0.1) is 0 Å². The summed E-state index contributed by atoms with van der Waals surface area (Å²) < 4.78 is 4.87. The number of rotatable bonds is 7. The third-order valence-corrected chi connectivity index (χ3v) is 3.47. The van der Waals surface area contributed by atoms with Gasteiger partial charge >= 0.3 is 0 Å². The normalized spacial score (nSPS) is 12.4. The predicted molar refractivity (Wildman–Crippen MR) is 70.2 cm³/mol. The lowest BCUT2D eigenvalue weighted by Crippen LogP contribution is -2.42. The summed E-state index contributed by atoms with van der Waals surface area (Å²) in [6.07, 6.45) is 0. The molecule has 1 heterocycles. The van der Waals surface area contributed by atoms with Crippen molar-refractivity contribution in [2.45, 2.75) is 26.4 Å². The molecule has 0 radical (unpaired) electrons. The van der Waals surface area contributed by atoms with Crippen LogP contribution in [0.3, 0.4) is 0 Å². The molecule has 0 aliphatic rings. The summed E-state index contributed by atoms with van der Waals surface area (Å²) in [4.78, 5) is 11.6. The van der Waals surface area contributed by atoms with Crippen molar-refractivity contribution < 1.29 is 9.53 Å². The number of hydrogen-bond acceptors (Lipinski definition) is 4. The van der Waals surface area contributed by atoms with Gasteiger partial charge in [-0.25, -0.2) is 0 Å². The molecule has 0 saturated carbocycles. The van der Waals surface area contributed by atoms with Crippen molar-refractivity contribution in [2.24, 2.45) is 0 Å². The molecule has 1 aromatic rings. The molecule has 1 atom stereocenters. The maximum absolute atomic E-state index is 11.6. The molecule has 96 valence electrons. The molecule has 0 fully saturated rings. The van der Waals surface area contributed by atoms with Gasteiger partial charge in [-0.05, 0) is 35.7 Å². The van der Waals surface area contributed by atoms with E-state index in [4.69, 9.17) is 4.74 Å². The zero-order chi connectivity index (χ0) is 12.7. The Hall–Kier alpha value is -0.910. The van der Waals surface area contributed by atoms with Crippen molar-refractivity contribution in [3.05, 3.63) is 21.9 Å². The number of thiophene rings is 1. The van der Waals surface area contributed by atoms with Crippen LogP contribution in [0.1, 0.15) is 18.1 Å². The highest BCUT2D eigenvalue weighted by atomic mass is 32.1. The summed E-state index contributed by atoms with van der Waals surface area (Å²) in [5.41, 5.74) is 2.53. The van der Waals surface area contributed by atoms with E-state index in [2.05, 4.69) is 28.3 Å². The fourth-order valence-electron chi connectivity index (χ4n) is 1.35. The van der Waals surface area contributed by atoms with Gasteiger partial charge in [0.15, 0.2) is 0 Å². The van der Waals surface area contributed by atoms with E-state index in [0.717, 1.165) is 6.54 Å². The van der Waals surface area contributed by atoms with Crippen LogP contribution in [0.25, 0.3) is 0 Å². The van der Waals surface area contributed by atoms with Crippen LogP contribution >= 0.6 is 11.3 Å². The third-order valence-electron chi connectivity index (χ3n) is 2.56. The minimum atomic E-state index is -0.189. The smallest absolute Gasteiger partial charge is 0.236 e. The summed E-state index contributed by atoms with van der Waals surface area (Å²) in [7, 11) is 1.62. The van der Waals surface area contributed by atoms with Gasteiger partial charge < -0.3 is 15.4 Å². The van der Waals surface area contributed by atoms with E-state index in [1.807, 2.05) is 6.92 Å². The van der Waals surface area contributed by atoms with Gasteiger partial charge in [0.25, 0.3) is 0 Å². The molecule has 1 unspecified atom stereocenters. The van der Waals surface area contributed by atoms with Crippen molar-refractivity contribution in [3.8, 4) is 0 Å². The van der Waals surface area contributed by atoms with Crippen LogP contribution in [0.15, 0.2) is 10.8 Å². The van der Waals surface area contributed by atoms with Gasteiger partial charge in [-0.2, -0.15) is 11.3 Å². The van der Waals surface area contributed by atoms with E-state index in [9.17, 15) is 4.79 Å². The second-order valence-electron chi connectivity index (χ2n) is 3.97. The molecule has 0 aliphatic heterocycles. The minimum absolute atomic E-state index is 0.00920. The summed E-state index contributed by atoms with van der Waals surface area (Å²) in [5, 5.41) is 10.2. The first kappa shape index (κ1) is 14.2. The summed E-state index contributed by atoms with van der Waals surface area (Å²) in [6.45, 7) is 5.77. The molecule has 1 amide bonds. The predicted octanol–water partition coefficient (Wildman–Crippen LogP) is 1.30. The highest BCUT2D eigenvalue weighted by Gasteiger charge is 2.11.